The van der Waals surface area contributed by atoms with Crippen molar-refractivity contribution >= 4 is 10.0 Å². The van der Waals surface area contributed by atoms with E-state index in [0.717, 1.165) is 0 Å². The van der Waals surface area contributed by atoms with Crippen LogP contribution in [0.15, 0.2) is 28.7 Å². The maximum absolute atomic E-state index is 13.6. The zero-order valence-corrected chi connectivity index (χ0v) is 11.3. The van der Waals surface area contributed by atoms with Crippen LogP contribution in [-0.4, -0.2) is 35.2 Å². The van der Waals surface area contributed by atoms with E-state index in [-0.39, 0.29) is 29.6 Å². The lowest BCUT2D eigenvalue weighted by atomic mass is 10.2. The van der Waals surface area contributed by atoms with E-state index in [1.807, 2.05) is 0 Å². The lowest BCUT2D eigenvalue weighted by molar-refractivity contribution is 0.378. The van der Waals surface area contributed by atoms with Gasteiger partial charge in [0.05, 0.1) is 17.9 Å². The lowest BCUT2D eigenvalue weighted by Crippen LogP contribution is -2.25. The number of halogens is 1. The molecule has 2 aromatic rings. The molecule has 0 unspecified atom stereocenters. The van der Waals surface area contributed by atoms with Crippen LogP contribution in [0.3, 0.4) is 0 Å². The topological polar surface area (TPSA) is 76.3 Å². The summed E-state index contributed by atoms with van der Waals surface area (Å²) in [6.07, 6.45) is 0.594. The summed E-state index contributed by atoms with van der Waals surface area (Å²) in [5.41, 5.74) is 0.204. The number of nitrogens with zero attached hydrogens (tertiary/aromatic N) is 3. The van der Waals surface area contributed by atoms with Crippen molar-refractivity contribution in [1.29, 1.82) is 0 Å². The highest BCUT2D eigenvalue weighted by Crippen LogP contribution is 2.22. The monoisotopic (exact) mass is 297 g/mol. The first-order valence-corrected chi connectivity index (χ1v) is 7.72. The van der Waals surface area contributed by atoms with Crippen LogP contribution in [0.4, 0.5) is 4.39 Å². The Labute approximate surface area is 115 Å². The van der Waals surface area contributed by atoms with Crippen molar-refractivity contribution in [3.05, 3.63) is 36.0 Å². The van der Waals surface area contributed by atoms with Crippen LogP contribution in [0.5, 0.6) is 0 Å². The summed E-state index contributed by atoms with van der Waals surface area (Å²) in [6, 6.07) is 6.05. The molecule has 1 aliphatic heterocycles. The molecule has 1 aromatic carbocycles. The molecule has 2 heterocycles. The molecule has 6 nitrogen and oxygen atoms in total. The Morgan fingerprint density at radius 2 is 2.10 bits per heavy atom. The lowest BCUT2D eigenvalue weighted by Gasteiger charge is -2.10. The number of sulfonamides is 1. The molecule has 0 bridgehead atoms. The van der Waals surface area contributed by atoms with Crippen LogP contribution in [0, 0.1) is 5.82 Å². The summed E-state index contributed by atoms with van der Waals surface area (Å²) >= 11 is 0. The average molecular weight is 297 g/mol. The van der Waals surface area contributed by atoms with Crippen molar-refractivity contribution in [3.63, 3.8) is 0 Å². The van der Waals surface area contributed by atoms with Gasteiger partial charge in [-0.25, -0.2) is 12.8 Å². The van der Waals surface area contributed by atoms with E-state index >= 15 is 0 Å². The molecule has 3 rings (SSSR count). The van der Waals surface area contributed by atoms with Crippen LogP contribution in [0.2, 0.25) is 0 Å². The van der Waals surface area contributed by atoms with Gasteiger partial charge >= 0.3 is 0 Å². The van der Waals surface area contributed by atoms with Crippen molar-refractivity contribution in [2.24, 2.45) is 0 Å². The third-order valence-corrected chi connectivity index (χ3v) is 4.99. The molecule has 0 radical (unpaired) electrons. The maximum atomic E-state index is 13.6. The normalized spacial score (nSPS) is 18.4. The zero-order chi connectivity index (χ0) is 14.2. The van der Waals surface area contributed by atoms with Gasteiger partial charge in [-0.2, -0.15) is 4.31 Å². The first-order chi connectivity index (χ1) is 9.56. The fourth-order valence-corrected chi connectivity index (χ4v) is 3.55. The molecule has 0 spiro atoms. The second-order valence-corrected chi connectivity index (χ2v) is 6.57. The molecule has 1 saturated heterocycles. The van der Waals surface area contributed by atoms with Gasteiger partial charge in [-0.05, 0) is 18.6 Å². The SMILES string of the molecule is O=S1(=O)CCCN1Cc1nnc(-c2ccccc2F)o1. The fraction of sp³-hybridized carbons (Fsp3) is 0.333. The molecule has 1 fully saturated rings. The summed E-state index contributed by atoms with van der Waals surface area (Å²) in [7, 11) is -3.22. The number of hydrogen-bond donors (Lipinski definition) is 0. The third kappa shape index (κ3) is 2.44. The van der Waals surface area contributed by atoms with Gasteiger partial charge in [-0.3, -0.25) is 0 Å². The van der Waals surface area contributed by atoms with Crippen molar-refractivity contribution < 1.29 is 17.2 Å². The van der Waals surface area contributed by atoms with Crippen molar-refractivity contribution in [2.75, 3.05) is 12.3 Å². The predicted molar refractivity (Wildman–Crippen MR) is 68.5 cm³/mol. The molecular formula is C12H12FN3O3S. The Morgan fingerprint density at radius 3 is 2.80 bits per heavy atom. The molecule has 106 valence electrons. The van der Waals surface area contributed by atoms with Crippen molar-refractivity contribution in [2.45, 2.75) is 13.0 Å². The van der Waals surface area contributed by atoms with Crippen LogP contribution in [0.1, 0.15) is 12.3 Å². The maximum Gasteiger partial charge on any atom is 0.250 e. The largest absolute Gasteiger partial charge is 0.419 e. The van der Waals surface area contributed by atoms with E-state index in [1.54, 1.807) is 12.1 Å². The minimum Gasteiger partial charge on any atom is -0.419 e. The summed E-state index contributed by atoms with van der Waals surface area (Å²) in [5.74, 6) is -0.110. The van der Waals surface area contributed by atoms with Gasteiger partial charge in [0.1, 0.15) is 5.82 Å². The second-order valence-electron chi connectivity index (χ2n) is 4.48. The Kier molecular flexibility index (Phi) is 3.27. The Morgan fingerprint density at radius 1 is 1.30 bits per heavy atom. The number of aromatic nitrogens is 2. The smallest absolute Gasteiger partial charge is 0.250 e. The molecular weight excluding hydrogens is 285 g/mol. The number of hydrogen-bond acceptors (Lipinski definition) is 5. The fourth-order valence-electron chi connectivity index (χ4n) is 2.08. The predicted octanol–water partition coefficient (Wildman–Crippen LogP) is 1.41. The van der Waals surface area contributed by atoms with E-state index in [2.05, 4.69) is 10.2 Å². The summed E-state index contributed by atoms with van der Waals surface area (Å²) in [4.78, 5) is 0. The molecule has 1 aliphatic rings. The van der Waals surface area contributed by atoms with E-state index < -0.39 is 15.8 Å². The molecule has 0 atom stereocenters. The molecule has 0 amide bonds. The summed E-state index contributed by atoms with van der Waals surface area (Å²) < 4.78 is 43.6. The Balaban J connectivity index is 1.83. The third-order valence-electron chi connectivity index (χ3n) is 3.09. The highest BCUT2D eigenvalue weighted by Gasteiger charge is 2.29. The first-order valence-electron chi connectivity index (χ1n) is 6.11. The molecule has 8 heteroatoms. The van der Waals surface area contributed by atoms with Gasteiger partial charge in [0, 0.05) is 6.54 Å². The minimum atomic E-state index is -3.22. The van der Waals surface area contributed by atoms with Gasteiger partial charge in [-0.1, -0.05) is 12.1 Å². The molecule has 0 saturated carbocycles. The van der Waals surface area contributed by atoms with Gasteiger partial charge in [0.15, 0.2) is 0 Å². The molecule has 1 aromatic heterocycles. The molecule has 0 N–H and O–H groups in total. The van der Waals surface area contributed by atoms with Crippen LogP contribution in [-0.2, 0) is 16.6 Å². The van der Waals surface area contributed by atoms with Crippen molar-refractivity contribution in [1.82, 2.24) is 14.5 Å². The average Bonchev–Trinajstić information content (AvgIpc) is 2.98. The summed E-state index contributed by atoms with van der Waals surface area (Å²) in [5, 5.41) is 7.53. The van der Waals surface area contributed by atoms with Crippen LogP contribution < -0.4 is 0 Å². The van der Waals surface area contributed by atoms with Gasteiger partial charge in [-0.15, -0.1) is 10.2 Å². The Hall–Kier alpha value is -1.80. The molecule has 20 heavy (non-hydrogen) atoms. The Bertz CT molecular complexity index is 729. The highest BCUT2D eigenvalue weighted by atomic mass is 32.2. The standard InChI is InChI=1S/C12H12FN3O3S/c13-10-5-2-1-4-9(10)12-15-14-11(19-12)8-16-6-3-7-20(16,17)18/h1-2,4-5H,3,6-8H2. The highest BCUT2D eigenvalue weighted by molar-refractivity contribution is 7.89. The van der Waals surface area contributed by atoms with E-state index in [4.69, 9.17) is 4.42 Å². The minimum absolute atomic E-state index is 0.0315. The van der Waals surface area contributed by atoms with Crippen molar-refractivity contribution in [3.8, 4) is 11.5 Å². The van der Waals surface area contributed by atoms with Gasteiger partial charge < -0.3 is 4.42 Å². The number of benzene rings is 1. The van der Waals surface area contributed by atoms with E-state index in [1.165, 1.54) is 16.4 Å². The zero-order valence-electron chi connectivity index (χ0n) is 10.5. The van der Waals surface area contributed by atoms with E-state index in [9.17, 15) is 12.8 Å². The van der Waals surface area contributed by atoms with Gasteiger partial charge in [0.2, 0.25) is 15.9 Å². The second kappa shape index (κ2) is 4.95. The van der Waals surface area contributed by atoms with Crippen LogP contribution in [0.25, 0.3) is 11.5 Å². The first kappa shape index (κ1) is 13.2. The van der Waals surface area contributed by atoms with Crippen LogP contribution >= 0.6 is 0 Å². The quantitative estimate of drug-likeness (QED) is 0.856. The van der Waals surface area contributed by atoms with E-state index in [0.29, 0.717) is 13.0 Å². The number of rotatable bonds is 3. The summed E-state index contributed by atoms with van der Waals surface area (Å²) in [6.45, 7) is 0.476. The molecule has 0 aliphatic carbocycles. The van der Waals surface area contributed by atoms with Gasteiger partial charge in [0.25, 0.3) is 5.89 Å².